The van der Waals surface area contributed by atoms with E-state index >= 15 is 0 Å². The molecule has 0 aromatic carbocycles. The van der Waals surface area contributed by atoms with Gasteiger partial charge in [0.15, 0.2) is 0 Å². The largest absolute Gasteiger partial charge is 0.449 e. The second kappa shape index (κ2) is 9.90. The zero-order valence-corrected chi connectivity index (χ0v) is 9.21. The van der Waals surface area contributed by atoms with Crippen molar-refractivity contribution < 1.29 is 9.53 Å². The summed E-state index contributed by atoms with van der Waals surface area (Å²) in [6, 6.07) is 0. The first-order valence-electron chi connectivity index (χ1n) is 3.14. The molecule has 0 aliphatic heterocycles. The first-order valence-corrected chi connectivity index (χ1v) is 4.38. The Morgan fingerprint density at radius 2 is 2.09 bits per heavy atom. The molecular weight excluding hydrogens is 257 g/mol. The van der Waals surface area contributed by atoms with Crippen LogP contribution in [-0.2, 0) is 9.53 Å². The van der Waals surface area contributed by atoms with Crippen LogP contribution >= 0.6 is 22.6 Å². The molecule has 0 amide bonds. The molecule has 66 valence electrons. The summed E-state index contributed by atoms with van der Waals surface area (Å²) in [7, 11) is 3.75. The van der Waals surface area contributed by atoms with Crippen molar-refractivity contribution in [2.75, 3.05) is 14.1 Å². The Labute approximate surface area is 81.3 Å². The topological polar surface area (TPSA) is 38.3 Å². The normalized spacial score (nSPS) is 10.5. The Morgan fingerprint density at radius 1 is 1.73 bits per heavy atom. The average Bonchev–Trinajstić information content (AvgIpc) is 1.88. The summed E-state index contributed by atoms with van der Waals surface area (Å²) in [5, 5.41) is 2.75. The van der Waals surface area contributed by atoms with E-state index in [2.05, 4.69) is 16.6 Å². The van der Waals surface area contributed by atoms with Crippen LogP contribution in [0.3, 0.4) is 0 Å². The highest BCUT2D eigenvalue weighted by Gasteiger charge is 1.98. The van der Waals surface area contributed by atoms with Crippen molar-refractivity contribution in [2.24, 2.45) is 0 Å². The van der Waals surface area contributed by atoms with Gasteiger partial charge < -0.3 is 10.1 Å². The van der Waals surface area contributed by atoms with Crippen molar-refractivity contribution in [3.8, 4) is 0 Å². The summed E-state index contributed by atoms with van der Waals surface area (Å²) >= 11 is 1.99. The molecule has 0 aromatic rings. The molecule has 0 aromatic heterocycles. The van der Waals surface area contributed by atoms with Gasteiger partial charge in [-0.3, -0.25) is 0 Å². The molecule has 3 nitrogen and oxygen atoms in total. The molecule has 0 rings (SSSR count). The first kappa shape index (κ1) is 13.5. The minimum absolute atomic E-state index is 0.0712. The predicted molar refractivity (Wildman–Crippen MR) is 54.8 cm³/mol. The lowest BCUT2D eigenvalue weighted by Crippen LogP contribution is -2.04. The van der Waals surface area contributed by atoms with E-state index in [0.29, 0.717) is 0 Å². The number of hydrogen-bond acceptors (Lipinski definition) is 3. The van der Waals surface area contributed by atoms with E-state index in [-0.39, 0.29) is 10.1 Å². The predicted octanol–water partition coefficient (Wildman–Crippen LogP) is 1.33. The fourth-order valence-electron chi connectivity index (χ4n) is 0.208. The van der Waals surface area contributed by atoms with Gasteiger partial charge >= 0.3 is 5.97 Å². The van der Waals surface area contributed by atoms with E-state index in [1.807, 2.05) is 36.7 Å². The monoisotopic (exact) mass is 271 g/mol. The van der Waals surface area contributed by atoms with E-state index in [1.165, 1.54) is 0 Å². The van der Waals surface area contributed by atoms with Crippen LogP contribution in [0, 0.1) is 0 Å². The third-order valence-corrected chi connectivity index (χ3v) is 0.699. The number of nitrogens with one attached hydrogen (secondary N) is 1. The molecule has 1 unspecified atom stereocenters. The number of ether oxygens (including phenoxy) is 1. The summed E-state index contributed by atoms with van der Waals surface area (Å²) in [6.07, 6.45) is 1.15. The molecule has 0 radical (unpaired) electrons. The lowest BCUT2D eigenvalue weighted by atomic mass is 10.6. The van der Waals surface area contributed by atoms with Gasteiger partial charge in [0.2, 0.25) is 0 Å². The van der Waals surface area contributed by atoms with Crippen LogP contribution in [0.15, 0.2) is 12.7 Å². The number of esters is 1. The van der Waals surface area contributed by atoms with Crippen LogP contribution in [0.25, 0.3) is 0 Å². The SMILES string of the molecule is C=CC(=O)OC(C)I.CNC. The fraction of sp³-hybridized carbons (Fsp3) is 0.571. The van der Waals surface area contributed by atoms with E-state index in [0.717, 1.165) is 6.08 Å². The van der Waals surface area contributed by atoms with Crippen LogP contribution in [-0.4, -0.2) is 24.2 Å². The molecule has 11 heavy (non-hydrogen) atoms. The van der Waals surface area contributed by atoms with E-state index in [9.17, 15) is 4.79 Å². The molecular formula is C7H14INO2. The molecule has 0 fully saturated rings. The Bertz CT molecular complexity index is 115. The molecule has 0 saturated heterocycles. The van der Waals surface area contributed by atoms with Crippen molar-refractivity contribution in [1.29, 1.82) is 0 Å². The van der Waals surface area contributed by atoms with Gasteiger partial charge in [0.25, 0.3) is 0 Å². The van der Waals surface area contributed by atoms with E-state index < -0.39 is 0 Å². The summed E-state index contributed by atoms with van der Waals surface area (Å²) < 4.78 is 4.56. The third kappa shape index (κ3) is 17.7. The van der Waals surface area contributed by atoms with Gasteiger partial charge in [-0.15, -0.1) is 0 Å². The van der Waals surface area contributed by atoms with Crippen molar-refractivity contribution in [3.63, 3.8) is 0 Å². The van der Waals surface area contributed by atoms with Gasteiger partial charge in [0.05, 0.1) is 0 Å². The quantitative estimate of drug-likeness (QED) is 0.356. The van der Waals surface area contributed by atoms with Crippen molar-refractivity contribution in [3.05, 3.63) is 12.7 Å². The Hall–Kier alpha value is -0.100. The number of carbonyl (C=O) groups excluding carboxylic acids is 1. The summed E-state index contributed by atoms with van der Waals surface area (Å²) in [5.74, 6) is -0.369. The molecule has 1 N–H and O–H groups in total. The van der Waals surface area contributed by atoms with Gasteiger partial charge in [0, 0.05) is 6.08 Å². The van der Waals surface area contributed by atoms with E-state index in [1.54, 1.807) is 6.92 Å². The van der Waals surface area contributed by atoms with Crippen LogP contribution in [0.2, 0.25) is 0 Å². The molecule has 0 spiro atoms. The van der Waals surface area contributed by atoms with Crippen LogP contribution in [0.1, 0.15) is 6.92 Å². The van der Waals surface area contributed by atoms with Crippen molar-refractivity contribution in [2.45, 2.75) is 11.0 Å². The zero-order valence-electron chi connectivity index (χ0n) is 7.06. The Balaban J connectivity index is 0. The van der Waals surface area contributed by atoms with E-state index in [4.69, 9.17) is 0 Å². The van der Waals surface area contributed by atoms with Crippen molar-refractivity contribution >= 4 is 28.6 Å². The fourth-order valence-corrected chi connectivity index (χ4v) is 0.459. The average molecular weight is 271 g/mol. The molecule has 1 atom stereocenters. The zero-order chi connectivity index (χ0) is 9.28. The van der Waals surface area contributed by atoms with Crippen molar-refractivity contribution in [1.82, 2.24) is 5.32 Å². The maximum atomic E-state index is 10.3. The number of hydrogen-bond donors (Lipinski definition) is 1. The standard InChI is InChI=1S/C5H7IO2.C2H7N/c1-3-5(7)8-4(2)6;1-3-2/h3-4H,1H2,2H3;3H,1-2H3. The van der Waals surface area contributed by atoms with Crippen LogP contribution in [0.5, 0.6) is 0 Å². The highest BCUT2D eigenvalue weighted by Crippen LogP contribution is 1.99. The number of alkyl halides is 1. The van der Waals surface area contributed by atoms with Gasteiger partial charge in [-0.25, -0.2) is 4.79 Å². The molecule has 0 saturated carbocycles. The van der Waals surface area contributed by atoms with Gasteiger partial charge in [-0.2, -0.15) is 0 Å². The second-order valence-electron chi connectivity index (χ2n) is 1.68. The summed E-state index contributed by atoms with van der Waals surface area (Å²) in [5.41, 5.74) is 0. The summed E-state index contributed by atoms with van der Waals surface area (Å²) in [6.45, 7) is 5.02. The maximum Gasteiger partial charge on any atom is 0.331 e. The lowest BCUT2D eigenvalue weighted by Gasteiger charge is -2.00. The van der Waals surface area contributed by atoms with Crippen LogP contribution in [0.4, 0.5) is 0 Å². The van der Waals surface area contributed by atoms with Gasteiger partial charge in [-0.1, -0.05) is 6.58 Å². The lowest BCUT2D eigenvalue weighted by molar-refractivity contribution is -0.137. The highest BCUT2D eigenvalue weighted by molar-refractivity contribution is 14.1. The first-order chi connectivity index (χ1) is 5.08. The molecule has 0 heterocycles. The minimum Gasteiger partial charge on any atom is -0.449 e. The highest BCUT2D eigenvalue weighted by atomic mass is 127. The van der Waals surface area contributed by atoms with Gasteiger partial charge in [0.1, 0.15) is 4.11 Å². The summed E-state index contributed by atoms with van der Waals surface area (Å²) in [4.78, 5) is 10.3. The molecule has 0 bridgehead atoms. The molecule has 0 aliphatic carbocycles. The third-order valence-electron chi connectivity index (χ3n) is 0.445. The maximum absolute atomic E-state index is 10.3. The minimum atomic E-state index is -0.369. The number of carbonyl (C=O) groups is 1. The molecule has 0 aliphatic rings. The Kier molecular flexibility index (Phi) is 12.1. The number of rotatable bonds is 2. The number of halogens is 1. The van der Waals surface area contributed by atoms with Crippen LogP contribution < -0.4 is 5.32 Å². The Morgan fingerprint density at radius 3 is 2.18 bits per heavy atom. The second-order valence-corrected chi connectivity index (χ2v) is 3.44. The smallest absolute Gasteiger partial charge is 0.331 e. The van der Waals surface area contributed by atoms with Gasteiger partial charge in [-0.05, 0) is 43.6 Å². The molecule has 4 heteroatoms.